The molecular weight excluding hydrogens is 226 g/mol. The van der Waals surface area contributed by atoms with Crippen LogP contribution in [-0.2, 0) is 0 Å². The summed E-state index contributed by atoms with van der Waals surface area (Å²) in [6, 6.07) is 5.56. The summed E-state index contributed by atoms with van der Waals surface area (Å²) in [6.45, 7) is 3.91. The number of nitrogens with two attached hydrogens (primary N) is 2. The molecule has 0 aliphatic rings. The monoisotopic (exact) mass is 243 g/mol. The molecular formula is C13H17N5. The smallest absolute Gasteiger partial charge is 0.0746 e. The summed E-state index contributed by atoms with van der Waals surface area (Å²) in [4.78, 5) is 8.45. The van der Waals surface area contributed by atoms with Crippen molar-refractivity contribution in [2.45, 2.75) is 19.9 Å². The predicted molar refractivity (Wildman–Crippen MR) is 71.5 cm³/mol. The summed E-state index contributed by atoms with van der Waals surface area (Å²) in [5.41, 5.74) is 13.2. The minimum atomic E-state index is -0.181. The van der Waals surface area contributed by atoms with Crippen LogP contribution in [0.25, 0.3) is 0 Å². The third-order valence-corrected chi connectivity index (χ3v) is 2.80. The molecule has 5 nitrogen and oxygen atoms in total. The topological polar surface area (TPSA) is 89.8 Å². The second kappa shape index (κ2) is 5.12. The Hall–Kier alpha value is -1.98. The van der Waals surface area contributed by atoms with Gasteiger partial charge in [-0.15, -0.1) is 0 Å². The van der Waals surface area contributed by atoms with E-state index < -0.39 is 0 Å². The third kappa shape index (κ3) is 2.47. The van der Waals surface area contributed by atoms with Crippen molar-refractivity contribution in [3.63, 3.8) is 0 Å². The molecule has 0 radical (unpaired) electrons. The van der Waals surface area contributed by atoms with Gasteiger partial charge >= 0.3 is 0 Å². The fraction of sp³-hybridized carbons (Fsp3) is 0.231. The molecule has 18 heavy (non-hydrogen) atoms. The first-order valence-electron chi connectivity index (χ1n) is 5.72. The van der Waals surface area contributed by atoms with Crippen molar-refractivity contribution in [3.05, 3.63) is 53.1 Å². The summed E-state index contributed by atoms with van der Waals surface area (Å²) < 4.78 is 0. The van der Waals surface area contributed by atoms with Crippen LogP contribution in [0.2, 0.25) is 0 Å². The summed E-state index contributed by atoms with van der Waals surface area (Å²) in [5, 5.41) is 0. The van der Waals surface area contributed by atoms with E-state index in [4.69, 9.17) is 11.6 Å². The van der Waals surface area contributed by atoms with Gasteiger partial charge in [0.15, 0.2) is 0 Å². The number of nitrogens with zero attached hydrogens (tertiary/aromatic N) is 2. The quantitative estimate of drug-likeness (QED) is 0.557. The standard InChI is InChI=1S/C13H17N5/c1-8-5-10(6-9(2)17-8)13(18-15)11-7-16-4-3-12(11)14/h3-7,13,18H,15H2,1-2H3,(H2,14,16). The van der Waals surface area contributed by atoms with Gasteiger partial charge in [-0.2, -0.15) is 0 Å². The predicted octanol–water partition coefficient (Wildman–Crippen LogP) is 1.23. The fourth-order valence-corrected chi connectivity index (χ4v) is 2.06. The second-order valence-corrected chi connectivity index (χ2v) is 4.29. The van der Waals surface area contributed by atoms with E-state index >= 15 is 0 Å². The van der Waals surface area contributed by atoms with Gasteiger partial charge in [0.1, 0.15) is 0 Å². The van der Waals surface area contributed by atoms with E-state index in [0.29, 0.717) is 5.69 Å². The number of rotatable bonds is 3. The summed E-state index contributed by atoms with van der Waals surface area (Å²) in [5.74, 6) is 5.65. The van der Waals surface area contributed by atoms with Crippen molar-refractivity contribution in [2.24, 2.45) is 5.84 Å². The molecule has 1 atom stereocenters. The number of hydrogen-bond donors (Lipinski definition) is 3. The summed E-state index contributed by atoms with van der Waals surface area (Å²) >= 11 is 0. The van der Waals surface area contributed by atoms with Crippen molar-refractivity contribution < 1.29 is 0 Å². The lowest BCUT2D eigenvalue weighted by molar-refractivity contribution is 0.634. The number of pyridine rings is 2. The molecule has 0 aromatic carbocycles. The van der Waals surface area contributed by atoms with Crippen molar-refractivity contribution >= 4 is 5.69 Å². The van der Waals surface area contributed by atoms with Crippen molar-refractivity contribution in [3.8, 4) is 0 Å². The maximum Gasteiger partial charge on any atom is 0.0746 e. The van der Waals surface area contributed by atoms with Gasteiger partial charge in [-0.3, -0.25) is 15.8 Å². The van der Waals surface area contributed by atoms with E-state index in [2.05, 4.69) is 15.4 Å². The van der Waals surface area contributed by atoms with Gasteiger partial charge in [-0.05, 0) is 37.6 Å². The zero-order valence-corrected chi connectivity index (χ0v) is 10.5. The number of aromatic nitrogens is 2. The SMILES string of the molecule is Cc1cc(C(NN)c2cnccc2N)cc(C)n1. The molecule has 2 heterocycles. The minimum absolute atomic E-state index is 0.181. The average Bonchev–Trinajstić information content (AvgIpc) is 2.31. The van der Waals surface area contributed by atoms with Gasteiger partial charge in [0.05, 0.1) is 6.04 Å². The Morgan fingerprint density at radius 1 is 1.22 bits per heavy atom. The first-order chi connectivity index (χ1) is 8.61. The number of aryl methyl sites for hydroxylation is 2. The highest BCUT2D eigenvalue weighted by molar-refractivity contribution is 5.49. The van der Waals surface area contributed by atoms with Crippen molar-refractivity contribution in [1.82, 2.24) is 15.4 Å². The molecule has 0 spiro atoms. The molecule has 0 amide bonds. The van der Waals surface area contributed by atoms with E-state index in [1.54, 1.807) is 18.5 Å². The number of anilines is 1. The van der Waals surface area contributed by atoms with E-state index in [1.165, 1.54) is 0 Å². The van der Waals surface area contributed by atoms with E-state index in [0.717, 1.165) is 22.5 Å². The van der Waals surface area contributed by atoms with Crippen molar-refractivity contribution in [1.29, 1.82) is 0 Å². The maximum atomic E-state index is 5.96. The fourth-order valence-electron chi connectivity index (χ4n) is 2.06. The van der Waals surface area contributed by atoms with Gasteiger partial charge < -0.3 is 5.73 Å². The highest BCUT2D eigenvalue weighted by atomic mass is 15.2. The van der Waals surface area contributed by atoms with Crippen LogP contribution >= 0.6 is 0 Å². The molecule has 2 aromatic rings. The van der Waals surface area contributed by atoms with E-state index in [1.807, 2.05) is 26.0 Å². The molecule has 5 N–H and O–H groups in total. The molecule has 0 aliphatic heterocycles. The summed E-state index contributed by atoms with van der Waals surface area (Å²) in [6.07, 6.45) is 3.39. The number of hydrazine groups is 1. The second-order valence-electron chi connectivity index (χ2n) is 4.29. The van der Waals surface area contributed by atoms with Gasteiger partial charge in [-0.1, -0.05) is 0 Å². The minimum Gasteiger partial charge on any atom is -0.398 e. The van der Waals surface area contributed by atoms with Crippen LogP contribution in [0, 0.1) is 13.8 Å². The Morgan fingerprint density at radius 2 is 1.89 bits per heavy atom. The summed E-state index contributed by atoms with van der Waals surface area (Å²) in [7, 11) is 0. The normalized spacial score (nSPS) is 12.4. The van der Waals surface area contributed by atoms with Gasteiger partial charge in [0, 0.05) is 35.0 Å². The maximum absolute atomic E-state index is 5.96. The van der Waals surface area contributed by atoms with Crippen molar-refractivity contribution in [2.75, 3.05) is 5.73 Å². The Bertz CT molecular complexity index is 533. The first-order valence-corrected chi connectivity index (χ1v) is 5.72. The Balaban J connectivity index is 2.48. The van der Waals surface area contributed by atoms with Crippen LogP contribution in [0.15, 0.2) is 30.6 Å². The molecule has 0 bridgehead atoms. The third-order valence-electron chi connectivity index (χ3n) is 2.80. The molecule has 0 saturated heterocycles. The van der Waals surface area contributed by atoms with E-state index in [-0.39, 0.29) is 6.04 Å². The largest absolute Gasteiger partial charge is 0.398 e. The zero-order chi connectivity index (χ0) is 13.1. The Kier molecular flexibility index (Phi) is 3.55. The van der Waals surface area contributed by atoms with Crippen LogP contribution in [0.4, 0.5) is 5.69 Å². The number of nitrogens with one attached hydrogen (secondary N) is 1. The lowest BCUT2D eigenvalue weighted by Gasteiger charge is -2.19. The molecule has 94 valence electrons. The Morgan fingerprint density at radius 3 is 2.44 bits per heavy atom. The lowest BCUT2D eigenvalue weighted by Crippen LogP contribution is -2.29. The molecule has 2 aromatic heterocycles. The molecule has 5 heteroatoms. The average molecular weight is 243 g/mol. The van der Waals surface area contributed by atoms with Crippen LogP contribution in [0.1, 0.15) is 28.6 Å². The molecule has 1 unspecified atom stereocenters. The van der Waals surface area contributed by atoms with Crippen LogP contribution in [-0.4, -0.2) is 9.97 Å². The molecule has 2 rings (SSSR count). The lowest BCUT2D eigenvalue weighted by atomic mass is 9.99. The Labute approximate surface area is 106 Å². The van der Waals surface area contributed by atoms with E-state index in [9.17, 15) is 0 Å². The van der Waals surface area contributed by atoms with Crippen LogP contribution in [0.5, 0.6) is 0 Å². The van der Waals surface area contributed by atoms with Gasteiger partial charge in [-0.25, -0.2) is 5.43 Å². The van der Waals surface area contributed by atoms with Crippen LogP contribution < -0.4 is 17.0 Å². The van der Waals surface area contributed by atoms with Gasteiger partial charge in [0.25, 0.3) is 0 Å². The molecule has 0 fully saturated rings. The first kappa shape index (κ1) is 12.5. The van der Waals surface area contributed by atoms with Crippen LogP contribution in [0.3, 0.4) is 0 Å². The molecule has 0 saturated carbocycles. The number of hydrogen-bond acceptors (Lipinski definition) is 5. The van der Waals surface area contributed by atoms with Gasteiger partial charge in [0.2, 0.25) is 0 Å². The zero-order valence-electron chi connectivity index (χ0n) is 10.5. The number of nitrogen functional groups attached to an aromatic ring is 1. The molecule has 0 aliphatic carbocycles. The highest BCUT2D eigenvalue weighted by Gasteiger charge is 2.16. The highest BCUT2D eigenvalue weighted by Crippen LogP contribution is 2.25.